The summed E-state index contributed by atoms with van der Waals surface area (Å²) in [5, 5.41) is 12.9. The molecule has 1 aromatic carbocycles. The molecule has 0 aromatic heterocycles. The van der Waals surface area contributed by atoms with Crippen molar-refractivity contribution in [2.45, 2.75) is 32.8 Å². The molecule has 0 bridgehead atoms. The molecule has 0 saturated heterocycles. The first-order valence-corrected chi connectivity index (χ1v) is 6.98. The number of benzene rings is 1. The summed E-state index contributed by atoms with van der Waals surface area (Å²) in [6.45, 7) is 6.33. The molecule has 4 nitrogen and oxygen atoms in total. The quantitative estimate of drug-likeness (QED) is 0.640. The highest BCUT2D eigenvalue weighted by atomic mass is 16.5. The van der Waals surface area contributed by atoms with E-state index in [0.29, 0.717) is 19.8 Å². The van der Waals surface area contributed by atoms with Crippen molar-refractivity contribution >= 4 is 5.69 Å². The van der Waals surface area contributed by atoms with Gasteiger partial charge in [-0.15, -0.1) is 0 Å². The fraction of sp³-hybridized carbons (Fsp3) is 0.600. The monoisotopic (exact) mass is 267 g/mol. The number of ether oxygens (including phenoxy) is 2. The highest BCUT2D eigenvalue weighted by molar-refractivity contribution is 5.46. The Morgan fingerprint density at radius 3 is 2.58 bits per heavy atom. The molecule has 0 aliphatic rings. The lowest BCUT2D eigenvalue weighted by atomic mass is 10.3. The third-order valence-corrected chi connectivity index (χ3v) is 2.66. The summed E-state index contributed by atoms with van der Waals surface area (Å²) < 4.78 is 10.7. The molecule has 1 rings (SSSR count). The van der Waals surface area contributed by atoms with Crippen molar-refractivity contribution in [1.82, 2.24) is 0 Å². The van der Waals surface area contributed by atoms with Gasteiger partial charge in [0.2, 0.25) is 0 Å². The summed E-state index contributed by atoms with van der Waals surface area (Å²) in [4.78, 5) is 0. The van der Waals surface area contributed by atoms with E-state index in [0.717, 1.165) is 30.9 Å². The second kappa shape index (κ2) is 9.64. The van der Waals surface area contributed by atoms with Crippen LogP contribution in [-0.2, 0) is 4.74 Å². The standard InChI is InChI=1S/C15H25NO3/c1-3-5-10-18-12-14(17)11-16-13-6-8-15(9-7-13)19-4-2/h6-9,14,16-17H,3-5,10-12H2,1-2H3. The van der Waals surface area contributed by atoms with Crippen molar-refractivity contribution in [2.24, 2.45) is 0 Å². The van der Waals surface area contributed by atoms with Gasteiger partial charge in [-0.2, -0.15) is 0 Å². The molecule has 0 spiro atoms. The average Bonchev–Trinajstić information content (AvgIpc) is 2.43. The SMILES string of the molecule is CCCCOCC(O)CNc1ccc(OCC)cc1. The predicted octanol–water partition coefficient (Wildman–Crippen LogP) is 2.67. The number of hydrogen-bond acceptors (Lipinski definition) is 4. The van der Waals surface area contributed by atoms with Gasteiger partial charge >= 0.3 is 0 Å². The molecule has 0 radical (unpaired) electrons. The molecule has 1 atom stereocenters. The minimum atomic E-state index is -0.483. The van der Waals surface area contributed by atoms with E-state index >= 15 is 0 Å². The third kappa shape index (κ3) is 7.03. The summed E-state index contributed by atoms with van der Waals surface area (Å²) in [7, 11) is 0. The van der Waals surface area contributed by atoms with Gasteiger partial charge < -0.3 is 19.9 Å². The van der Waals surface area contributed by atoms with Crippen LogP contribution in [0.1, 0.15) is 26.7 Å². The Balaban J connectivity index is 2.20. The van der Waals surface area contributed by atoms with E-state index in [9.17, 15) is 5.11 Å². The van der Waals surface area contributed by atoms with E-state index in [1.54, 1.807) is 0 Å². The van der Waals surface area contributed by atoms with Crippen LogP contribution in [0.4, 0.5) is 5.69 Å². The van der Waals surface area contributed by atoms with Gasteiger partial charge in [-0.25, -0.2) is 0 Å². The Hall–Kier alpha value is -1.26. The minimum absolute atomic E-state index is 0.379. The van der Waals surface area contributed by atoms with Gasteiger partial charge in [0.25, 0.3) is 0 Å². The maximum atomic E-state index is 9.74. The van der Waals surface area contributed by atoms with Crippen molar-refractivity contribution in [3.63, 3.8) is 0 Å². The molecule has 0 aliphatic heterocycles. The van der Waals surface area contributed by atoms with E-state index in [4.69, 9.17) is 9.47 Å². The van der Waals surface area contributed by atoms with Crippen LogP contribution in [0.5, 0.6) is 5.75 Å². The Bertz CT molecular complexity index is 327. The number of nitrogens with one attached hydrogen (secondary N) is 1. The van der Waals surface area contributed by atoms with Crippen molar-refractivity contribution < 1.29 is 14.6 Å². The summed E-state index contributed by atoms with van der Waals surface area (Å²) >= 11 is 0. The topological polar surface area (TPSA) is 50.7 Å². The van der Waals surface area contributed by atoms with E-state index in [1.807, 2.05) is 31.2 Å². The lowest BCUT2D eigenvalue weighted by molar-refractivity contribution is 0.0422. The Labute approximate surface area is 115 Å². The van der Waals surface area contributed by atoms with Crippen LogP contribution in [0.3, 0.4) is 0 Å². The number of anilines is 1. The molecule has 1 unspecified atom stereocenters. The zero-order valence-electron chi connectivity index (χ0n) is 11.9. The van der Waals surface area contributed by atoms with Gasteiger partial charge in [-0.05, 0) is 37.6 Å². The number of aliphatic hydroxyl groups is 1. The Kier molecular flexibility index (Phi) is 8.02. The minimum Gasteiger partial charge on any atom is -0.494 e. The van der Waals surface area contributed by atoms with Crippen LogP contribution in [0.15, 0.2) is 24.3 Å². The maximum absolute atomic E-state index is 9.74. The van der Waals surface area contributed by atoms with Crippen molar-refractivity contribution in [1.29, 1.82) is 0 Å². The summed E-state index contributed by atoms with van der Waals surface area (Å²) in [6, 6.07) is 7.71. The van der Waals surface area contributed by atoms with Gasteiger partial charge in [0, 0.05) is 18.8 Å². The molecule has 108 valence electrons. The Morgan fingerprint density at radius 1 is 1.21 bits per heavy atom. The second-order valence-corrected chi connectivity index (χ2v) is 4.42. The van der Waals surface area contributed by atoms with E-state index in [2.05, 4.69) is 12.2 Å². The van der Waals surface area contributed by atoms with E-state index in [1.165, 1.54) is 0 Å². The van der Waals surface area contributed by atoms with Crippen molar-refractivity contribution in [3.8, 4) is 5.75 Å². The molecular formula is C15H25NO3. The van der Waals surface area contributed by atoms with E-state index < -0.39 is 6.10 Å². The number of aliphatic hydroxyl groups excluding tert-OH is 1. The molecule has 0 heterocycles. The van der Waals surface area contributed by atoms with Gasteiger partial charge in [-0.3, -0.25) is 0 Å². The smallest absolute Gasteiger partial charge is 0.119 e. The zero-order valence-corrected chi connectivity index (χ0v) is 11.9. The molecule has 19 heavy (non-hydrogen) atoms. The summed E-state index contributed by atoms with van der Waals surface area (Å²) in [6.07, 6.45) is 1.67. The van der Waals surface area contributed by atoms with E-state index in [-0.39, 0.29) is 0 Å². The number of hydrogen-bond donors (Lipinski definition) is 2. The first-order valence-electron chi connectivity index (χ1n) is 6.98. The van der Waals surface area contributed by atoms with Gasteiger partial charge in [0.05, 0.1) is 19.3 Å². The van der Waals surface area contributed by atoms with Crippen LogP contribution in [0.25, 0.3) is 0 Å². The van der Waals surface area contributed by atoms with Crippen LogP contribution in [0.2, 0.25) is 0 Å². The van der Waals surface area contributed by atoms with Gasteiger partial charge in [0.1, 0.15) is 5.75 Å². The highest BCUT2D eigenvalue weighted by Crippen LogP contribution is 2.15. The van der Waals surface area contributed by atoms with Crippen molar-refractivity contribution in [2.75, 3.05) is 31.7 Å². The fourth-order valence-corrected chi connectivity index (χ4v) is 1.60. The molecule has 2 N–H and O–H groups in total. The van der Waals surface area contributed by atoms with Crippen LogP contribution in [-0.4, -0.2) is 37.6 Å². The molecule has 0 amide bonds. The molecule has 0 fully saturated rings. The summed E-state index contributed by atoms with van der Waals surface area (Å²) in [5.74, 6) is 0.858. The fourth-order valence-electron chi connectivity index (χ4n) is 1.60. The maximum Gasteiger partial charge on any atom is 0.119 e. The van der Waals surface area contributed by atoms with Crippen LogP contribution < -0.4 is 10.1 Å². The third-order valence-electron chi connectivity index (χ3n) is 2.66. The average molecular weight is 267 g/mol. The molecule has 1 aromatic rings. The Morgan fingerprint density at radius 2 is 1.95 bits per heavy atom. The summed E-state index contributed by atoms with van der Waals surface area (Å²) in [5.41, 5.74) is 0.969. The molecule has 0 saturated carbocycles. The molecule has 0 aliphatic carbocycles. The normalized spacial score (nSPS) is 12.2. The number of unbranched alkanes of at least 4 members (excludes halogenated alkanes) is 1. The second-order valence-electron chi connectivity index (χ2n) is 4.42. The van der Waals surface area contributed by atoms with Crippen molar-refractivity contribution in [3.05, 3.63) is 24.3 Å². The molecule has 4 heteroatoms. The predicted molar refractivity (Wildman–Crippen MR) is 77.8 cm³/mol. The lowest BCUT2D eigenvalue weighted by Crippen LogP contribution is -2.25. The van der Waals surface area contributed by atoms with Crippen LogP contribution >= 0.6 is 0 Å². The largest absolute Gasteiger partial charge is 0.494 e. The van der Waals surface area contributed by atoms with Crippen LogP contribution in [0, 0.1) is 0 Å². The number of rotatable bonds is 10. The van der Waals surface area contributed by atoms with Gasteiger partial charge in [0.15, 0.2) is 0 Å². The first kappa shape index (κ1) is 15.8. The lowest BCUT2D eigenvalue weighted by Gasteiger charge is -2.13. The highest BCUT2D eigenvalue weighted by Gasteiger charge is 2.04. The molecular weight excluding hydrogens is 242 g/mol. The van der Waals surface area contributed by atoms with Gasteiger partial charge in [-0.1, -0.05) is 13.3 Å². The zero-order chi connectivity index (χ0) is 13.9. The first-order chi connectivity index (χ1) is 9.26.